The summed E-state index contributed by atoms with van der Waals surface area (Å²) in [5.41, 5.74) is 1.07. The number of likely N-dealkylation sites (tertiary alicyclic amines) is 1. The van der Waals surface area contributed by atoms with Gasteiger partial charge >= 0.3 is 0 Å². The van der Waals surface area contributed by atoms with Crippen LogP contribution in [0.1, 0.15) is 51.7 Å². The second-order valence-corrected chi connectivity index (χ2v) is 7.18. The minimum Gasteiger partial charge on any atom is -0.455 e. The Labute approximate surface area is 140 Å². The number of aromatic nitrogens is 1. The van der Waals surface area contributed by atoms with Crippen molar-refractivity contribution in [3.05, 3.63) is 39.2 Å². The number of amides is 1. The highest BCUT2D eigenvalue weighted by Crippen LogP contribution is 2.19. The molecule has 0 atom stereocenters. The fourth-order valence-corrected chi connectivity index (χ4v) is 3.89. The molecule has 23 heavy (non-hydrogen) atoms. The first-order valence-corrected chi connectivity index (χ1v) is 9.02. The van der Waals surface area contributed by atoms with Crippen molar-refractivity contribution in [2.45, 2.75) is 46.2 Å². The number of carbonyl (C=O) groups excluding carboxylic acids is 1. The van der Waals surface area contributed by atoms with Crippen molar-refractivity contribution in [3.63, 3.8) is 0 Å². The molecule has 2 aromatic heterocycles. The zero-order valence-electron chi connectivity index (χ0n) is 13.7. The third kappa shape index (κ3) is 4.00. The van der Waals surface area contributed by atoms with Crippen molar-refractivity contribution >= 4 is 17.2 Å². The van der Waals surface area contributed by atoms with Gasteiger partial charge in [-0.05, 0) is 51.4 Å². The number of thiazole rings is 1. The zero-order valence-corrected chi connectivity index (χ0v) is 14.5. The van der Waals surface area contributed by atoms with E-state index in [1.165, 1.54) is 12.8 Å². The average Bonchev–Trinajstić information content (AvgIpc) is 3.26. The molecule has 1 fully saturated rings. The predicted molar refractivity (Wildman–Crippen MR) is 90.6 cm³/mol. The van der Waals surface area contributed by atoms with Gasteiger partial charge in [0.1, 0.15) is 5.76 Å². The van der Waals surface area contributed by atoms with Gasteiger partial charge < -0.3 is 9.73 Å². The normalized spacial score (nSPS) is 15.2. The molecule has 0 bridgehead atoms. The number of hydrogen-bond donors (Lipinski definition) is 1. The van der Waals surface area contributed by atoms with Crippen molar-refractivity contribution in [1.29, 1.82) is 0 Å². The second-order valence-electron chi connectivity index (χ2n) is 5.89. The molecule has 5 nitrogen and oxygen atoms in total. The second kappa shape index (κ2) is 7.27. The molecule has 0 spiro atoms. The topological polar surface area (TPSA) is 58.4 Å². The maximum absolute atomic E-state index is 12.2. The lowest BCUT2D eigenvalue weighted by Gasteiger charge is -2.11. The Morgan fingerprint density at radius 3 is 2.91 bits per heavy atom. The van der Waals surface area contributed by atoms with Gasteiger partial charge in [-0.2, -0.15) is 0 Å². The SMILES string of the molecule is CCc1nc(C)sc1CNC(=O)c1ccc(CN2CCCC2)o1. The van der Waals surface area contributed by atoms with E-state index < -0.39 is 0 Å². The van der Waals surface area contributed by atoms with E-state index in [0.29, 0.717) is 12.3 Å². The summed E-state index contributed by atoms with van der Waals surface area (Å²) in [6, 6.07) is 3.67. The van der Waals surface area contributed by atoms with Crippen LogP contribution in [0.2, 0.25) is 0 Å². The Balaban J connectivity index is 1.56. The van der Waals surface area contributed by atoms with E-state index in [2.05, 4.69) is 22.1 Å². The third-order valence-electron chi connectivity index (χ3n) is 4.09. The van der Waals surface area contributed by atoms with Crippen molar-refractivity contribution in [2.75, 3.05) is 13.1 Å². The van der Waals surface area contributed by atoms with E-state index in [0.717, 1.165) is 47.4 Å². The van der Waals surface area contributed by atoms with E-state index in [9.17, 15) is 4.79 Å². The van der Waals surface area contributed by atoms with Crippen LogP contribution in [0, 0.1) is 6.92 Å². The molecule has 124 valence electrons. The van der Waals surface area contributed by atoms with Crippen LogP contribution in [-0.2, 0) is 19.5 Å². The summed E-state index contributed by atoms with van der Waals surface area (Å²) < 4.78 is 5.69. The van der Waals surface area contributed by atoms with Gasteiger partial charge in [0.05, 0.1) is 23.8 Å². The van der Waals surface area contributed by atoms with E-state index in [1.807, 2.05) is 13.0 Å². The maximum atomic E-state index is 12.2. The molecular weight excluding hydrogens is 310 g/mol. The van der Waals surface area contributed by atoms with Gasteiger partial charge in [-0.15, -0.1) is 11.3 Å². The Morgan fingerprint density at radius 1 is 1.39 bits per heavy atom. The van der Waals surface area contributed by atoms with Gasteiger partial charge in [0.2, 0.25) is 0 Å². The molecule has 1 N–H and O–H groups in total. The number of rotatable bonds is 6. The van der Waals surface area contributed by atoms with Crippen LogP contribution < -0.4 is 5.32 Å². The molecule has 0 aliphatic carbocycles. The highest BCUT2D eigenvalue weighted by molar-refractivity contribution is 7.11. The van der Waals surface area contributed by atoms with Gasteiger partial charge in [0, 0.05) is 4.88 Å². The summed E-state index contributed by atoms with van der Waals surface area (Å²) in [4.78, 5) is 20.2. The number of hydrogen-bond acceptors (Lipinski definition) is 5. The smallest absolute Gasteiger partial charge is 0.287 e. The Hall–Kier alpha value is -1.66. The van der Waals surface area contributed by atoms with E-state index in [4.69, 9.17) is 4.42 Å². The van der Waals surface area contributed by atoms with Gasteiger partial charge in [0.25, 0.3) is 5.91 Å². The van der Waals surface area contributed by atoms with Gasteiger partial charge in [-0.1, -0.05) is 6.92 Å². The Kier molecular flexibility index (Phi) is 5.13. The monoisotopic (exact) mass is 333 g/mol. The van der Waals surface area contributed by atoms with Crippen LogP contribution in [0.25, 0.3) is 0 Å². The molecule has 0 unspecified atom stereocenters. The number of nitrogens with zero attached hydrogens (tertiary/aromatic N) is 2. The molecular formula is C17H23N3O2S. The fourth-order valence-electron chi connectivity index (χ4n) is 2.92. The van der Waals surface area contributed by atoms with E-state index in [-0.39, 0.29) is 5.91 Å². The molecule has 6 heteroatoms. The standard InChI is InChI=1S/C17H23N3O2S/c1-3-14-16(23-12(2)19-14)10-18-17(21)15-7-6-13(22-15)11-20-8-4-5-9-20/h6-7H,3-5,8-11H2,1-2H3,(H,18,21). The quantitative estimate of drug-likeness (QED) is 0.882. The molecule has 2 aromatic rings. The number of carbonyl (C=O) groups is 1. The highest BCUT2D eigenvalue weighted by atomic mass is 32.1. The van der Waals surface area contributed by atoms with Gasteiger partial charge in [0.15, 0.2) is 5.76 Å². The van der Waals surface area contributed by atoms with Crippen LogP contribution in [-0.4, -0.2) is 28.9 Å². The fraction of sp³-hybridized carbons (Fsp3) is 0.529. The van der Waals surface area contributed by atoms with Crippen molar-refractivity contribution in [3.8, 4) is 0 Å². The molecule has 0 radical (unpaired) electrons. The lowest BCUT2D eigenvalue weighted by Crippen LogP contribution is -2.22. The molecule has 1 saturated heterocycles. The zero-order chi connectivity index (χ0) is 16.2. The molecule has 0 saturated carbocycles. The molecule has 0 aromatic carbocycles. The highest BCUT2D eigenvalue weighted by Gasteiger charge is 2.16. The van der Waals surface area contributed by atoms with Crippen LogP contribution in [0.5, 0.6) is 0 Å². The summed E-state index contributed by atoms with van der Waals surface area (Å²) in [7, 11) is 0. The summed E-state index contributed by atoms with van der Waals surface area (Å²) in [5, 5.41) is 3.97. The maximum Gasteiger partial charge on any atom is 0.287 e. The van der Waals surface area contributed by atoms with Gasteiger partial charge in [-0.25, -0.2) is 4.98 Å². The molecule has 3 heterocycles. The van der Waals surface area contributed by atoms with E-state index in [1.54, 1.807) is 17.4 Å². The Bertz CT molecular complexity index is 671. The first-order chi connectivity index (χ1) is 11.2. The summed E-state index contributed by atoms with van der Waals surface area (Å²) in [6.07, 6.45) is 3.39. The van der Waals surface area contributed by atoms with Crippen LogP contribution >= 0.6 is 11.3 Å². The number of furan rings is 1. The molecule has 1 amide bonds. The predicted octanol–water partition coefficient (Wildman–Crippen LogP) is 3.13. The van der Waals surface area contributed by atoms with Crippen molar-refractivity contribution < 1.29 is 9.21 Å². The first kappa shape index (κ1) is 16.2. The number of nitrogens with one attached hydrogen (secondary N) is 1. The first-order valence-electron chi connectivity index (χ1n) is 8.20. The van der Waals surface area contributed by atoms with Crippen molar-refractivity contribution in [2.24, 2.45) is 0 Å². The lowest BCUT2D eigenvalue weighted by atomic mass is 10.3. The third-order valence-corrected chi connectivity index (χ3v) is 5.11. The van der Waals surface area contributed by atoms with Crippen LogP contribution in [0.4, 0.5) is 0 Å². The Morgan fingerprint density at radius 2 is 2.17 bits per heavy atom. The summed E-state index contributed by atoms with van der Waals surface area (Å²) >= 11 is 1.64. The summed E-state index contributed by atoms with van der Waals surface area (Å²) in [6.45, 7) is 7.61. The van der Waals surface area contributed by atoms with Crippen LogP contribution in [0.3, 0.4) is 0 Å². The minimum atomic E-state index is -0.161. The number of aryl methyl sites for hydroxylation is 2. The van der Waals surface area contributed by atoms with Crippen LogP contribution in [0.15, 0.2) is 16.5 Å². The van der Waals surface area contributed by atoms with Crippen molar-refractivity contribution in [1.82, 2.24) is 15.2 Å². The lowest BCUT2D eigenvalue weighted by molar-refractivity contribution is 0.0920. The van der Waals surface area contributed by atoms with E-state index >= 15 is 0 Å². The molecule has 3 rings (SSSR count). The largest absolute Gasteiger partial charge is 0.455 e. The summed E-state index contributed by atoms with van der Waals surface area (Å²) in [5.74, 6) is 1.09. The minimum absolute atomic E-state index is 0.161. The van der Waals surface area contributed by atoms with Gasteiger partial charge in [-0.3, -0.25) is 9.69 Å². The molecule has 1 aliphatic rings. The average molecular weight is 333 g/mol. The molecule has 1 aliphatic heterocycles.